The van der Waals surface area contributed by atoms with Gasteiger partial charge < -0.3 is 15.0 Å². The summed E-state index contributed by atoms with van der Waals surface area (Å²) in [5, 5.41) is 13.1. The number of hydrogen-bond donors (Lipinski definition) is 1. The Balaban J connectivity index is 1.56. The van der Waals surface area contributed by atoms with Crippen molar-refractivity contribution in [3.05, 3.63) is 57.7 Å². The van der Waals surface area contributed by atoms with E-state index in [1.807, 2.05) is 24.0 Å². The number of amides is 1. The Morgan fingerprint density at radius 3 is 2.67 bits per heavy atom. The van der Waals surface area contributed by atoms with Crippen molar-refractivity contribution in [2.24, 2.45) is 11.8 Å². The molecule has 3 atom stereocenters. The van der Waals surface area contributed by atoms with E-state index in [0.29, 0.717) is 34.6 Å². The van der Waals surface area contributed by atoms with Gasteiger partial charge in [0.1, 0.15) is 12.2 Å². The number of ether oxygens (including phenoxy) is 1. The third kappa shape index (κ3) is 4.24. The number of carbonyl (C=O) groups is 1. The van der Waals surface area contributed by atoms with Crippen molar-refractivity contribution in [3.63, 3.8) is 0 Å². The average Bonchev–Trinajstić information content (AvgIpc) is 3.15. The van der Waals surface area contributed by atoms with Crippen LogP contribution in [0.25, 0.3) is 0 Å². The van der Waals surface area contributed by atoms with Crippen molar-refractivity contribution >= 4 is 29.1 Å². The number of hydrogen-bond acceptors (Lipinski definition) is 5. The molecule has 1 amide bonds. The molecule has 3 heterocycles. The molecule has 156 valence electrons. The van der Waals surface area contributed by atoms with Crippen molar-refractivity contribution in [2.75, 3.05) is 26.2 Å². The normalized spacial score (nSPS) is 22.3. The summed E-state index contributed by atoms with van der Waals surface area (Å²) in [6.45, 7) is 4.69. The lowest BCUT2D eigenvalue weighted by Crippen LogP contribution is -2.51. The number of nitrogens with one attached hydrogen (secondary N) is 1. The van der Waals surface area contributed by atoms with E-state index >= 15 is 0 Å². The van der Waals surface area contributed by atoms with E-state index in [1.165, 1.54) is 6.20 Å². The van der Waals surface area contributed by atoms with Gasteiger partial charge in [0.2, 0.25) is 11.8 Å². The maximum absolute atomic E-state index is 12.9. The Kier molecular flexibility index (Phi) is 6.14. The number of benzene rings is 1. The SMILES string of the molecule is C[C@H](Oc1ccc(C#N)cn1)C1CN(C(=O)C2CNC2)C[C@@H]1c1ccc(Cl)c(Cl)c1. The van der Waals surface area contributed by atoms with Gasteiger partial charge in [-0.1, -0.05) is 29.3 Å². The molecule has 1 unspecified atom stereocenters. The number of carbonyl (C=O) groups excluding carboxylic acids is 1. The molecule has 1 N–H and O–H groups in total. The molecule has 6 nitrogen and oxygen atoms in total. The highest BCUT2D eigenvalue weighted by molar-refractivity contribution is 6.42. The third-order valence-corrected chi connectivity index (χ3v) is 6.69. The molecule has 0 radical (unpaired) electrons. The highest BCUT2D eigenvalue weighted by Crippen LogP contribution is 2.38. The minimum atomic E-state index is -0.192. The van der Waals surface area contributed by atoms with Gasteiger partial charge in [-0.25, -0.2) is 4.98 Å². The Morgan fingerprint density at radius 2 is 2.07 bits per heavy atom. The van der Waals surface area contributed by atoms with Crippen LogP contribution in [0.1, 0.15) is 24.0 Å². The minimum absolute atomic E-state index is 0.0506. The Morgan fingerprint density at radius 1 is 1.27 bits per heavy atom. The van der Waals surface area contributed by atoms with Crippen LogP contribution in [0.15, 0.2) is 36.5 Å². The summed E-state index contributed by atoms with van der Waals surface area (Å²) in [6, 6.07) is 11.1. The van der Waals surface area contributed by atoms with Crippen molar-refractivity contribution in [1.29, 1.82) is 5.26 Å². The summed E-state index contributed by atoms with van der Waals surface area (Å²) in [5.41, 5.74) is 1.52. The fourth-order valence-corrected chi connectivity index (χ4v) is 4.40. The van der Waals surface area contributed by atoms with Gasteiger partial charge in [-0.05, 0) is 30.7 Å². The van der Waals surface area contributed by atoms with E-state index in [2.05, 4.69) is 16.4 Å². The fraction of sp³-hybridized carbons (Fsp3) is 0.409. The lowest BCUT2D eigenvalue weighted by Gasteiger charge is -2.30. The van der Waals surface area contributed by atoms with Crippen LogP contribution in [-0.2, 0) is 4.79 Å². The fourth-order valence-electron chi connectivity index (χ4n) is 4.10. The molecular weight excluding hydrogens is 423 g/mol. The molecule has 2 fully saturated rings. The summed E-state index contributed by atoms with van der Waals surface area (Å²) < 4.78 is 6.10. The van der Waals surface area contributed by atoms with Crippen LogP contribution in [0.3, 0.4) is 0 Å². The number of nitriles is 1. The standard InChI is InChI=1S/C22H22Cl2N4O2/c1-13(30-21-5-2-14(7-25)8-27-21)17-11-28(22(29)16-9-26-10-16)12-18(17)15-3-4-19(23)20(24)6-15/h2-6,8,13,16-18,26H,9-12H2,1H3/t13-,17?,18+/m0/s1. The lowest BCUT2D eigenvalue weighted by atomic mass is 9.86. The van der Waals surface area contributed by atoms with Crippen LogP contribution in [0, 0.1) is 23.2 Å². The summed E-state index contributed by atoms with van der Waals surface area (Å²) in [5.74, 6) is 0.837. The Hall–Kier alpha value is -2.33. The molecule has 2 aromatic rings. The first-order chi connectivity index (χ1) is 14.5. The molecule has 2 aliphatic rings. The average molecular weight is 445 g/mol. The van der Waals surface area contributed by atoms with Crippen molar-refractivity contribution in [1.82, 2.24) is 15.2 Å². The monoisotopic (exact) mass is 444 g/mol. The number of likely N-dealkylation sites (tertiary alicyclic amines) is 1. The molecule has 0 spiro atoms. The van der Waals surface area contributed by atoms with Crippen LogP contribution < -0.4 is 10.1 Å². The van der Waals surface area contributed by atoms with Gasteiger partial charge in [0.05, 0.1) is 21.5 Å². The largest absolute Gasteiger partial charge is 0.474 e. The summed E-state index contributed by atoms with van der Waals surface area (Å²) >= 11 is 12.4. The Labute approximate surface area is 185 Å². The van der Waals surface area contributed by atoms with Crippen molar-refractivity contribution < 1.29 is 9.53 Å². The van der Waals surface area contributed by atoms with E-state index in [0.717, 1.165) is 18.7 Å². The van der Waals surface area contributed by atoms with E-state index in [4.69, 9.17) is 33.2 Å². The zero-order chi connectivity index (χ0) is 21.3. The molecule has 2 aliphatic heterocycles. The molecule has 8 heteroatoms. The van der Waals surface area contributed by atoms with E-state index in [1.54, 1.807) is 18.2 Å². The van der Waals surface area contributed by atoms with Gasteiger partial charge >= 0.3 is 0 Å². The molecular formula is C22H22Cl2N4O2. The first-order valence-corrected chi connectivity index (χ1v) is 10.7. The van der Waals surface area contributed by atoms with Gasteiger partial charge in [0, 0.05) is 50.3 Å². The van der Waals surface area contributed by atoms with E-state index in [9.17, 15) is 4.79 Å². The summed E-state index contributed by atoms with van der Waals surface area (Å²) in [4.78, 5) is 19.0. The predicted molar refractivity (Wildman–Crippen MR) is 115 cm³/mol. The zero-order valence-corrected chi connectivity index (χ0v) is 18.0. The van der Waals surface area contributed by atoms with Crippen LogP contribution >= 0.6 is 23.2 Å². The zero-order valence-electron chi connectivity index (χ0n) is 16.5. The number of rotatable bonds is 5. The molecule has 0 bridgehead atoms. The van der Waals surface area contributed by atoms with Crippen LogP contribution in [0.2, 0.25) is 10.0 Å². The van der Waals surface area contributed by atoms with Gasteiger partial charge in [-0.15, -0.1) is 0 Å². The molecule has 1 aromatic heterocycles. The van der Waals surface area contributed by atoms with Crippen molar-refractivity contribution in [3.8, 4) is 11.9 Å². The second-order valence-corrected chi connectivity index (χ2v) is 8.68. The molecule has 1 aromatic carbocycles. The van der Waals surface area contributed by atoms with E-state index < -0.39 is 0 Å². The highest BCUT2D eigenvalue weighted by atomic mass is 35.5. The quantitative estimate of drug-likeness (QED) is 0.763. The summed E-state index contributed by atoms with van der Waals surface area (Å²) in [7, 11) is 0. The first kappa shape index (κ1) is 20.9. The number of halogens is 2. The highest BCUT2D eigenvalue weighted by Gasteiger charge is 2.42. The second kappa shape index (κ2) is 8.81. The molecule has 0 aliphatic carbocycles. The molecule has 4 rings (SSSR count). The Bertz CT molecular complexity index is 972. The minimum Gasteiger partial charge on any atom is -0.474 e. The predicted octanol–water partition coefficient (Wildman–Crippen LogP) is 3.49. The van der Waals surface area contributed by atoms with Crippen LogP contribution in [0.5, 0.6) is 5.88 Å². The van der Waals surface area contributed by atoms with Crippen LogP contribution in [-0.4, -0.2) is 48.1 Å². The maximum Gasteiger partial charge on any atom is 0.228 e. The summed E-state index contributed by atoms with van der Waals surface area (Å²) in [6.07, 6.45) is 1.30. The molecule has 2 saturated heterocycles. The van der Waals surface area contributed by atoms with Gasteiger partial charge in [-0.2, -0.15) is 5.26 Å². The first-order valence-electron chi connectivity index (χ1n) is 9.93. The van der Waals surface area contributed by atoms with Gasteiger partial charge in [0.25, 0.3) is 0 Å². The van der Waals surface area contributed by atoms with Gasteiger partial charge in [-0.3, -0.25) is 4.79 Å². The van der Waals surface area contributed by atoms with Crippen molar-refractivity contribution in [2.45, 2.75) is 18.9 Å². The molecule has 0 saturated carbocycles. The smallest absolute Gasteiger partial charge is 0.228 e. The number of pyridine rings is 1. The number of nitrogens with zero attached hydrogens (tertiary/aromatic N) is 3. The number of aromatic nitrogens is 1. The second-order valence-electron chi connectivity index (χ2n) is 7.86. The van der Waals surface area contributed by atoms with E-state index in [-0.39, 0.29) is 29.8 Å². The van der Waals surface area contributed by atoms with Crippen LogP contribution in [0.4, 0.5) is 0 Å². The topological polar surface area (TPSA) is 78.2 Å². The lowest BCUT2D eigenvalue weighted by molar-refractivity contribution is -0.136. The maximum atomic E-state index is 12.9. The molecule has 30 heavy (non-hydrogen) atoms. The third-order valence-electron chi connectivity index (χ3n) is 5.95. The van der Waals surface area contributed by atoms with Gasteiger partial charge in [0.15, 0.2) is 0 Å².